The fourth-order valence-corrected chi connectivity index (χ4v) is 3.24. The van der Waals surface area contributed by atoms with E-state index in [-0.39, 0.29) is 16.5 Å². The zero-order chi connectivity index (χ0) is 21.7. The Kier molecular flexibility index (Phi) is 6.28. The number of carbonyl (C=O) groups is 2. The average Bonchev–Trinajstić information content (AvgIpc) is 3.07. The molecule has 9 nitrogen and oxygen atoms in total. The highest BCUT2D eigenvalue weighted by molar-refractivity contribution is 7.89. The molecular formula is C20H21N5O4S. The van der Waals surface area contributed by atoms with E-state index in [1.807, 2.05) is 30.3 Å². The third kappa shape index (κ3) is 5.52. The highest BCUT2D eigenvalue weighted by Gasteiger charge is 2.15. The van der Waals surface area contributed by atoms with E-state index in [1.54, 1.807) is 7.05 Å². The summed E-state index contributed by atoms with van der Waals surface area (Å²) in [5.74, 6) is -0.297. The van der Waals surface area contributed by atoms with E-state index in [4.69, 9.17) is 5.14 Å². The van der Waals surface area contributed by atoms with Gasteiger partial charge < -0.3 is 10.6 Å². The van der Waals surface area contributed by atoms with Gasteiger partial charge in [0.2, 0.25) is 15.9 Å². The summed E-state index contributed by atoms with van der Waals surface area (Å²) in [5, 5.41) is 14.5. The van der Waals surface area contributed by atoms with E-state index < -0.39 is 15.9 Å². The van der Waals surface area contributed by atoms with E-state index in [9.17, 15) is 18.0 Å². The van der Waals surface area contributed by atoms with Crippen molar-refractivity contribution in [3.63, 3.8) is 0 Å². The maximum atomic E-state index is 12.4. The van der Waals surface area contributed by atoms with E-state index in [0.29, 0.717) is 24.3 Å². The topological polar surface area (TPSA) is 136 Å². The number of anilines is 2. The molecule has 0 atom stereocenters. The van der Waals surface area contributed by atoms with E-state index in [1.165, 1.54) is 35.0 Å². The first-order valence-corrected chi connectivity index (χ1v) is 10.6. The molecule has 0 fully saturated rings. The minimum atomic E-state index is -3.81. The number of hydrogen-bond donors (Lipinski definition) is 3. The van der Waals surface area contributed by atoms with Gasteiger partial charge in [-0.15, -0.1) is 0 Å². The maximum Gasteiger partial charge on any atom is 0.276 e. The van der Waals surface area contributed by atoms with Gasteiger partial charge in [0.15, 0.2) is 5.69 Å². The number of aromatic nitrogens is 2. The lowest BCUT2D eigenvalue weighted by Gasteiger charge is -2.05. The van der Waals surface area contributed by atoms with Crippen molar-refractivity contribution in [1.29, 1.82) is 0 Å². The van der Waals surface area contributed by atoms with Crippen LogP contribution in [0.2, 0.25) is 0 Å². The smallest absolute Gasteiger partial charge is 0.276 e. The van der Waals surface area contributed by atoms with Crippen LogP contribution in [-0.2, 0) is 28.3 Å². The number of rotatable bonds is 7. The minimum Gasteiger partial charge on any atom is -0.321 e. The summed E-state index contributed by atoms with van der Waals surface area (Å²) in [6.07, 6.45) is 0.902. The summed E-state index contributed by atoms with van der Waals surface area (Å²) in [6.45, 7) is 0. The van der Waals surface area contributed by atoms with E-state index >= 15 is 0 Å². The average molecular weight is 427 g/mol. The molecule has 4 N–H and O–H groups in total. The minimum absolute atomic E-state index is 0.0566. The number of nitrogens with zero attached hydrogens (tertiary/aromatic N) is 2. The van der Waals surface area contributed by atoms with Gasteiger partial charge in [-0.2, -0.15) is 5.10 Å². The van der Waals surface area contributed by atoms with Gasteiger partial charge in [0.1, 0.15) is 5.82 Å². The van der Waals surface area contributed by atoms with Crippen LogP contribution in [0.25, 0.3) is 0 Å². The Labute approximate surface area is 174 Å². The molecular weight excluding hydrogens is 406 g/mol. The molecule has 10 heteroatoms. The molecule has 1 heterocycles. The molecule has 3 aromatic rings. The lowest BCUT2D eigenvalue weighted by Crippen LogP contribution is -2.14. The van der Waals surface area contributed by atoms with Gasteiger partial charge in [-0.1, -0.05) is 30.3 Å². The molecule has 0 radical (unpaired) electrons. The highest BCUT2D eigenvalue weighted by atomic mass is 32.2. The predicted octanol–water partition coefficient (Wildman–Crippen LogP) is 1.89. The van der Waals surface area contributed by atoms with Crippen molar-refractivity contribution in [1.82, 2.24) is 9.78 Å². The van der Waals surface area contributed by atoms with Crippen LogP contribution in [0.5, 0.6) is 0 Å². The molecule has 0 aliphatic rings. The van der Waals surface area contributed by atoms with Crippen molar-refractivity contribution in [3.8, 4) is 0 Å². The van der Waals surface area contributed by atoms with Gasteiger partial charge in [0.25, 0.3) is 5.91 Å². The Balaban J connectivity index is 1.60. The quantitative estimate of drug-likeness (QED) is 0.529. The second-order valence-electron chi connectivity index (χ2n) is 6.60. The third-order valence-corrected chi connectivity index (χ3v) is 5.23. The van der Waals surface area contributed by atoms with Crippen LogP contribution < -0.4 is 15.8 Å². The Hall–Kier alpha value is -3.50. The fraction of sp³-hybridized carbons (Fsp3) is 0.150. The molecule has 0 aliphatic heterocycles. The van der Waals surface area contributed by atoms with E-state index in [2.05, 4.69) is 15.7 Å². The number of nitrogens with one attached hydrogen (secondary N) is 2. The summed E-state index contributed by atoms with van der Waals surface area (Å²) in [5.41, 5.74) is 1.55. The number of carbonyl (C=O) groups excluding carboxylic acids is 2. The van der Waals surface area contributed by atoms with Crippen molar-refractivity contribution in [2.24, 2.45) is 12.2 Å². The van der Waals surface area contributed by atoms with Gasteiger partial charge in [-0.3, -0.25) is 14.3 Å². The Morgan fingerprint density at radius 3 is 2.33 bits per heavy atom. The van der Waals surface area contributed by atoms with Crippen molar-refractivity contribution >= 4 is 33.3 Å². The van der Waals surface area contributed by atoms with Gasteiger partial charge in [0, 0.05) is 25.2 Å². The van der Waals surface area contributed by atoms with Crippen molar-refractivity contribution in [2.75, 3.05) is 10.6 Å². The number of primary sulfonamides is 1. The van der Waals surface area contributed by atoms with Crippen molar-refractivity contribution < 1.29 is 18.0 Å². The first-order chi connectivity index (χ1) is 14.2. The largest absolute Gasteiger partial charge is 0.321 e. The number of sulfonamides is 1. The molecule has 2 amide bonds. The van der Waals surface area contributed by atoms with Crippen LogP contribution in [0.1, 0.15) is 22.5 Å². The monoisotopic (exact) mass is 427 g/mol. The van der Waals surface area contributed by atoms with Crippen LogP contribution in [0, 0.1) is 0 Å². The van der Waals surface area contributed by atoms with Crippen LogP contribution in [0.15, 0.2) is 65.6 Å². The zero-order valence-corrected chi connectivity index (χ0v) is 17.0. The Bertz CT molecular complexity index is 1160. The maximum absolute atomic E-state index is 12.4. The molecule has 1 aromatic heterocycles. The molecule has 0 saturated heterocycles. The predicted molar refractivity (Wildman–Crippen MR) is 112 cm³/mol. The summed E-state index contributed by atoms with van der Waals surface area (Å²) in [6, 6.07) is 16.6. The number of amides is 2. The van der Waals surface area contributed by atoms with Gasteiger partial charge in [-0.05, 0) is 36.2 Å². The molecule has 30 heavy (non-hydrogen) atoms. The number of hydrogen-bond acceptors (Lipinski definition) is 5. The number of nitrogens with two attached hydrogens (primary N) is 1. The van der Waals surface area contributed by atoms with Gasteiger partial charge in [-0.25, -0.2) is 13.6 Å². The molecule has 3 rings (SSSR count). The first kappa shape index (κ1) is 21.2. The fourth-order valence-electron chi connectivity index (χ4n) is 2.73. The second kappa shape index (κ2) is 8.89. The lowest BCUT2D eigenvalue weighted by atomic mass is 10.1. The Morgan fingerprint density at radius 1 is 1.03 bits per heavy atom. The number of aryl methyl sites for hydroxylation is 2. The number of benzene rings is 2. The van der Waals surface area contributed by atoms with Gasteiger partial charge in [0.05, 0.1) is 4.90 Å². The summed E-state index contributed by atoms with van der Waals surface area (Å²) in [4.78, 5) is 24.6. The molecule has 2 aromatic carbocycles. The first-order valence-electron chi connectivity index (χ1n) is 9.04. The van der Waals surface area contributed by atoms with Gasteiger partial charge >= 0.3 is 0 Å². The zero-order valence-electron chi connectivity index (χ0n) is 16.2. The van der Waals surface area contributed by atoms with Crippen LogP contribution >= 0.6 is 0 Å². The second-order valence-corrected chi connectivity index (χ2v) is 8.16. The Morgan fingerprint density at radius 2 is 1.70 bits per heavy atom. The summed E-state index contributed by atoms with van der Waals surface area (Å²) in [7, 11) is -2.19. The van der Waals surface area contributed by atoms with Crippen molar-refractivity contribution in [3.05, 3.63) is 71.9 Å². The molecule has 0 spiro atoms. The third-order valence-electron chi connectivity index (χ3n) is 4.30. The molecule has 0 unspecified atom stereocenters. The van der Waals surface area contributed by atoms with Crippen LogP contribution in [-0.4, -0.2) is 30.0 Å². The van der Waals surface area contributed by atoms with Crippen LogP contribution in [0.4, 0.5) is 11.5 Å². The normalized spacial score (nSPS) is 11.1. The summed E-state index contributed by atoms with van der Waals surface area (Å²) >= 11 is 0. The summed E-state index contributed by atoms with van der Waals surface area (Å²) < 4.78 is 24.0. The van der Waals surface area contributed by atoms with Crippen LogP contribution in [0.3, 0.4) is 0 Å². The van der Waals surface area contributed by atoms with Crippen molar-refractivity contribution in [2.45, 2.75) is 17.7 Å². The molecule has 156 valence electrons. The SMILES string of the molecule is Cn1nc(C(=O)Nc2ccc(S(N)(=O)=O)cc2)cc1NC(=O)CCc1ccccc1. The lowest BCUT2D eigenvalue weighted by molar-refractivity contribution is -0.116. The highest BCUT2D eigenvalue weighted by Crippen LogP contribution is 2.15. The standard InChI is InChI=1S/C20H21N5O4S/c1-25-18(23-19(26)12-7-14-5-3-2-4-6-14)13-17(24-25)20(27)22-15-8-10-16(11-9-15)30(21,28)29/h2-6,8-11,13H,7,12H2,1H3,(H,22,27)(H,23,26)(H2,21,28,29). The van der Waals surface area contributed by atoms with E-state index in [0.717, 1.165) is 5.56 Å². The molecule has 0 aliphatic carbocycles. The molecule has 0 bridgehead atoms. The molecule has 0 saturated carbocycles.